The minimum absolute atomic E-state index is 0.0360. The van der Waals surface area contributed by atoms with Gasteiger partial charge in [0.05, 0.1) is 5.75 Å². The number of rotatable bonds is 4. The maximum Gasteiger partial charge on any atom is 0.236 e. The van der Waals surface area contributed by atoms with Crippen LogP contribution in [0.1, 0.15) is 32.1 Å². The summed E-state index contributed by atoms with van der Waals surface area (Å²) in [6, 6.07) is 6.30. The molecule has 20 heavy (non-hydrogen) atoms. The fourth-order valence-electron chi connectivity index (χ4n) is 2.35. The van der Waals surface area contributed by atoms with Crippen LogP contribution in [0.4, 0.5) is 4.39 Å². The number of hydrogen-bond acceptors (Lipinski definition) is 3. The summed E-state index contributed by atoms with van der Waals surface area (Å²) < 4.78 is 13.4. The van der Waals surface area contributed by atoms with Crippen LogP contribution in [0.2, 0.25) is 0 Å². The van der Waals surface area contributed by atoms with Crippen LogP contribution in [-0.4, -0.2) is 17.6 Å². The van der Waals surface area contributed by atoms with Crippen LogP contribution in [0.25, 0.3) is 0 Å². The van der Waals surface area contributed by atoms with E-state index in [0.717, 1.165) is 37.4 Å². The second-order valence-corrected chi connectivity index (χ2v) is 5.98. The predicted molar refractivity (Wildman–Crippen MR) is 76.8 cm³/mol. The zero-order chi connectivity index (χ0) is 14.4. The Morgan fingerprint density at radius 2 is 1.90 bits per heavy atom. The standard InChI is InChI=1S/C15H18FNO2S/c16-12-8-4-5-9-13(12)20-10-14(18)17-15(19)11-6-2-1-3-7-11/h4-5,8-9,11H,1-3,6-7,10H2,(H,17,18,19). The summed E-state index contributed by atoms with van der Waals surface area (Å²) >= 11 is 1.10. The molecule has 3 nitrogen and oxygen atoms in total. The molecule has 1 N–H and O–H groups in total. The van der Waals surface area contributed by atoms with Crippen molar-refractivity contribution in [1.82, 2.24) is 5.32 Å². The number of amides is 2. The molecule has 0 heterocycles. The smallest absolute Gasteiger partial charge is 0.236 e. The second kappa shape index (κ2) is 7.43. The lowest BCUT2D eigenvalue weighted by atomic mass is 9.89. The zero-order valence-corrected chi connectivity index (χ0v) is 12.0. The van der Waals surface area contributed by atoms with Gasteiger partial charge in [-0.15, -0.1) is 11.8 Å². The van der Waals surface area contributed by atoms with Crippen LogP contribution in [0.5, 0.6) is 0 Å². The van der Waals surface area contributed by atoms with E-state index < -0.39 is 0 Å². The molecule has 2 amide bonds. The van der Waals surface area contributed by atoms with Gasteiger partial charge in [0.25, 0.3) is 0 Å². The molecule has 0 atom stereocenters. The molecule has 0 spiro atoms. The number of imide groups is 1. The molecule has 1 aliphatic rings. The Labute approximate surface area is 122 Å². The van der Waals surface area contributed by atoms with Gasteiger partial charge in [-0.05, 0) is 25.0 Å². The quantitative estimate of drug-likeness (QED) is 0.868. The zero-order valence-electron chi connectivity index (χ0n) is 11.2. The molecule has 2 rings (SSSR count). The Balaban J connectivity index is 1.77. The van der Waals surface area contributed by atoms with Crippen molar-refractivity contribution in [3.63, 3.8) is 0 Å². The van der Waals surface area contributed by atoms with E-state index in [0.29, 0.717) is 4.90 Å². The van der Waals surface area contributed by atoms with Crippen LogP contribution in [0.15, 0.2) is 29.2 Å². The maximum absolute atomic E-state index is 13.4. The summed E-state index contributed by atoms with van der Waals surface area (Å²) in [5.41, 5.74) is 0. The van der Waals surface area contributed by atoms with Crippen LogP contribution in [-0.2, 0) is 9.59 Å². The van der Waals surface area contributed by atoms with Crippen molar-refractivity contribution < 1.29 is 14.0 Å². The van der Waals surface area contributed by atoms with Crippen LogP contribution in [0, 0.1) is 11.7 Å². The average molecular weight is 295 g/mol. The highest BCUT2D eigenvalue weighted by atomic mass is 32.2. The van der Waals surface area contributed by atoms with Crippen LogP contribution < -0.4 is 5.32 Å². The predicted octanol–water partition coefficient (Wildman–Crippen LogP) is 3.14. The van der Waals surface area contributed by atoms with Crippen molar-refractivity contribution in [3.05, 3.63) is 30.1 Å². The van der Waals surface area contributed by atoms with Gasteiger partial charge in [0.15, 0.2) is 0 Å². The van der Waals surface area contributed by atoms with Crippen molar-refractivity contribution >= 4 is 23.6 Å². The fourth-order valence-corrected chi connectivity index (χ4v) is 3.08. The van der Waals surface area contributed by atoms with E-state index in [4.69, 9.17) is 0 Å². The minimum Gasteiger partial charge on any atom is -0.295 e. The lowest BCUT2D eigenvalue weighted by Gasteiger charge is -2.20. The Hall–Kier alpha value is -1.36. The van der Waals surface area contributed by atoms with E-state index in [1.165, 1.54) is 12.5 Å². The van der Waals surface area contributed by atoms with E-state index in [2.05, 4.69) is 5.32 Å². The second-order valence-electron chi connectivity index (χ2n) is 4.97. The molecule has 5 heteroatoms. The molecule has 1 saturated carbocycles. The summed E-state index contributed by atoms with van der Waals surface area (Å²) in [7, 11) is 0. The molecule has 1 aliphatic carbocycles. The fraction of sp³-hybridized carbons (Fsp3) is 0.467. The Morgan fingerprint density at radius 3 is 2.60 bits per heavy atom. The number of carbonyl (C=O) groups is 2. The third-order valence-corrected chi connectivity index (χ3v) is 4.48. The number of carbonyl (C=O) groups excluding carboxylic acids is 2. The SMILES string of the molecule is O=C(CSc1ccccc1F)NC(=O)C1CCCCC1. The average Bonchev–Trinajstić information content (AvgIpc) is 2.47. The molecule has 1 aromatic carbocycles. The molecule has 0 aromatic heterocycles. The first-order valence-electron chi connectivity index (χ1n) is 6.88. The van der Waals surface area contributed by atoms with E-state index >= 15 is 0 Å². The van der Waals surface area contributed by atoms with Gasteiger partial charge in [-0.2, -0.15) is 0 Å². The highest BCUT2D eigenvalue weighted by Crippen LogP contribution is 2.24. The molecule has 0 unspecified atom stereocenters. The highest BCUT2D eigenvalue weighted by Gasteiger charge is 2.22. The number of halogens is 1. The van der Waals surface area contributed by atoms with Crippen LogP contribution in [0.3, 0.4) is 0 Å². The van der Waals surface area contributed by atoms with E-state index in [1.54, 1.807) is 18.2 Å². The molecule has 0 aliphatic heterocycles. The van der Waals surface area contributed by atoms with Gasteiger partial charge in [-0.25, -0.2) is 4.39 Å². The van der Waals surface area contributed by atoms with Crippen molar-refractivity contribution in [2.24, 2.45) is 5.92 Å². The first-order valence-corrected chi connectivity index (χ1v) is 7.86. The van der Waals surface area contributed by atoms with Crippen LogP contribution >= 0.6 is 11.8 Å². The lowest BCUT2D eigenvalue weighted by molar-refractivity contribution is -0.132. The van der Waals surface area contributed by atoms with Gasteiger partial charge >= 0.3 is 0 Å². The summed E-state index contributed by atoms with van der Waals surface area (Å²) in [5, 5.41) is 2.42. The molecule has 0 bridgehead atoms. The largest absolute Gasteiger partial charge is 0.295 e. The third-order valence-electron chi connectivity index (χ3n) is 3.43. The maximum atomic E-state index is 13.4. The van der Waals surface area contributed by atoms with E-state index in [-0.39, 0.29) is 29.3 Å². The Bertz CT molecular complexity index is 487. The summed E-state index contributed by atoms with van der Waals surface area (Å²) in [4.78, 5) is 24.0. The molecule has 0 saturated heterocycles. The van der Waals surface area contributed by atoms with Crippen molar-refractivity contribution in [2.45, 2.75) is 37.0 Å². The summed E-state index contributed by atoms with van der Waals surface area (Å²) in [5.74, 6) is -0.855. The van der Waals surface area contributed by atoms with Crippen molar-refractivity contribution in [2.75, 3.05) is 5.75 Å². The Kier molecular flexibility index (Phi) is 5.59. The number of nitrogens with one attached hydrogen (secondary N) is 1. The lowest BCUT2D eigenvalue weighted by Crippen LogP contribution is -2.37. The normalized spacial score (nSPS) is 15.8. The van der Waals surface area contributed by atoms with Gasteiger partial charge in [-0.1, -0.05) is 31.4 Å². The Morgan fingerprint density at radius 1 is 1.20 bits per heavy atom. The van der Waals surface area contributed by atoms with Gasteiger partial charge in [0, 0.05) is 10.8 Å². The van der Waals surface area contributed by atoms with Gasteiger partial charge in [0.1, 0.15) is 5.82 Å². The molecular formula is C15H18FNO2S. The molecule has 1 aromatic rings. The van der Waals surface area contributed by atoms with E-state index in [9.17, 15) is 14.0 Å². The van der Waals surface area contributed by atoms with Gasteiger partial charge in [0.2, 0.25) is 11.8 Å². The van der Waals surface area contributed by atoms with Gasteiger partial charge in [-0.3, -0.25) is 14.9 Å². The van der Waals surface area contributed by atoms with Gasteiger partial charge < -0.3 is 0 Å². The molecule has 108 valence electrons. The molecule has 0 radical (unpaired) electrons. The summed E-state index contributed by atoms with van der Waals surface area (Å²) in [6.07, 6.45) is 4.99. The number of hydrogen-bond donors (Lipinski definition) is 1. The molecular weight excluding hydrogens is 277 g/mol. The van der Waals surface area contributed by atoms with Crippen molar-refractivity contribution in [3.8, 4) is 0 Å². The first kappa shape index (κ1) is 15.0. The number of thioether (sulfide) groups is 1. The third kappa shape index (κ3) is 4.34. The summed E-state index contributed by atoms with van der Waals surface area (Å²) in [6.45, 7) is 0. The number of benzene rings is 1. The van der Waals surface area contributed by atoms with E-state index in [1.807, 2.05) is 0 Å². The highest BCUT2D eigenvalue weighted by molar-refractivity contribution is 8.00. The first-order chi connectivity index (χ1) is 9.66. The topological polar surface area (TPSA) is 46.2 Å². The minimum atomic E-state index is -0.353. The van der Waals surface area contributed by atoms with Crippen molar-refractivity contribution in [1.29, 1.82) is 0 Å². The molecule has 1 fully saturated rings. The monoisotopic (exact) mass is 295 g/mol.